The fourth-order valence-electron chi connectivity index (χ4n) is 0.700. The summed E-state index contributed by atoms with van der Waals surface area (Å²) in [5.41, 5.74) is 10.4. The number of hydrogen-bond acceptors (Lipinski definition) is 4. The first-order chi connectivity index (χ1) is 5.68. The number of rotatable bonds is 7. The second kappa shape index (κ2) is 7.39. The summed E-state index contributed by atoms with van der Waals surface area (Å²) in [5, 5.41) is 3.06. The number of thioether (sulfide) groups is 1. The number of hydrogen-bond donors (Lipinski definition) is 3. The molecule has 1 unspecified atom stereocenters. The third-order valence-corrected chi connectivity index (χ3v) is 2.13. The summed E-state index contributed by atoms with van der Waals surface area (Å²) in [6.07, 6.45) is 3.15. The van der Waals surface area contributed by atoms with Gasteiger partial charge in [0, 0.05) is 6.54 Å². The molecule has 0 saturated carbocycles. The van der Waals surface area contributed by atoms with E-state index in [4.69, 9.17) is 11.5 Å². The average molecular weight is 191 g/mol. The zero-order valence-corrected chi connectivity index (χ0v) is 8.19. The molecule has 0 heterocycles. The van der Waals surface area contributed by atoms with Crippen molar-refractivity contribution in [2.24, 2.45) is 11.5 Å². The molecule has 0 saturated heterocycles. The fourth-order valence-corrected chi connectivity index (χ4v) is 1.13. The Hall–Kier alpha value is -0.260. The van der Waals surface area contributed by atoms with E-state index in [1.165, 1.54) is 0 Å². The van der Waals surface area contributed by atoms with Crippen LogP contribution in [0.1, 0.15) is 6.42 Å². The van der Waals surface area contributed by atoms with E-state index < -0.39 is 11.9 Å². The summed E-state index contributed by atoms with van der Waals surface area (Å²) in [6.45, 7) is 1.37. The standard InChI is InChI=1S/C7H17N3OS/c1-12-4-2-3-10-5-6(8)7(9)11/h6,10H,2-5,8H2,1H3,(H2,9,11). The summed E-state index contributed by atoms with van der Waals surface area (Å²) >= 11 is 1.80. The Kier molecular flexibility index (Phi) is 7.23. The van der Waals surface area contributed by atoms with E-state index in [0.29, 0.717) is 6.54 Å². The Morgan fingerprint density at radius 3 is 2.83 bits per heavy atom. The molecule has 0 fully saturated rings. The molecule has 4 nitrogen and oxygen atoms in total. The highest BCUT2D eigenvalue weighted by atomic mass is 32.2. The zero-order valence-electron chi connectivity index (χ0n) is 7.38. The minimum Gasteiger partial charge on any atom is -0.368 e. The minimum atomic E-state index is -0.556. The van der Waals surface area contributed by atoms with Crippen LogP contribution < -0.4 is 16.8 Å². The van der Waals surface area contributed by atoms with E-state index in [-0.39, 0.29) is 0 Å². The van der Waals surface area contributed by atoms with Gasteiger partial charge in [-0.25, -0.2) is 0 Å². The van der Waals surface area contributed by atoms with Crippen molar-refractivity contribution in [1.29, 1.82) is 0 Å². The third-order valence-electron chi connectivity index (χ3n) is 1.43. The minimum absolute atomic E-state index is 0.452. The lowest BCUT2D eigenvalue weighted by molar-refractivity contribution is -0.119. The zero-order chi connectivity index (χ0) is 9.40. The second-order valence-corrected chi connectivity index (χ2v) is 3.54. The van der Waals surface area contributed by atoms with Crippen molar-refractivity contribution in [2.75, 3.05) is 25.1 Å². The molecule has 0 aliphatic heterocycles. The molecule has 12 heavy (non-hydrogen) atoms. The van der Waals surface area contributed by atoms with Crippen molar-refractivity contribution >= 4 is 17.7 Å². The third kappa shape index (κ3) is 6.45. The molecule has 0 radical (unpaired) electrons. The van der Waals surface area contributed by atoms with Gasteiger partial charge in [-0.05, 0) is 25.0 Å². The highest BCUT2D eigenvalue weighted by Crippen LogP contribution is 1.92. The van der Waals surface area contributed by atoms with Gasteiger partial charge in [0.25, 0.3) is 0 Å². The molecule has 72 valence electrons. The maximum atomic E-state index is 10.5. The van der Waals surface area contributed by atoms with Crippen LogP contribution in [0, 0.1) is 0 Å². The van der Waals surface area contributed by atoms with Gasteiger partial charge in [-0.1, -0.05) is 0 Å². The van der Waals surface area contributed by atoms with Crippen LogP contribution in [0.3, 0.4) is 0 Å². The average Bonchev–Trinajstić information content (AvgIpc) is 2.03. The van der Waals surface area contributed by atoms with Crippen LogP contribution in [0.5, 0.6) is 0 Å². The lowest BCUT2D eigenvalue weighted by Crippen LogP contribution is -2.44. The molecular formula is C7H17N3OS. The first kappa shape index (κ1) is 11.7. The number of carbonyl (C=O) groups excluding carboxylic acids is 1. The summed E-state index contributed by atoms with van der Waals surface area (Å²) < 4.78 is 0. The molecule has 5 N–H and O–H groups in total. The quantitative estimate of drug-likeness (QED) is 0.457. The first-order valence-corrected chi connectivity index (χ1v) is 5.32. The van der Waals surface area contributed by atoms with Crippen molar-refractivity contribution in [3.8, 4) is 0 Å². The van der Waals surface area contributed by atoms with Gasteiger partial charge in [-0.15, -0.1) is 0 Å². The summed E-state index contributed by atoms with van der Waals surface area (Å²) in [5.74, 6) is 0.672. The molecule has 0 aromatic rings. The normalized spacial score (nSPS) is 12.8. The monoisotopic (exact) mass is 191 g/mol. The summed E-state index contributed by atoms with van der Waals surface area (Å²) in [6, 6.07) is -0.556. The van der Waals surface area contributed by atoms with Crippen molar-refractivity contribution < 1.29 is 4.79 Å². The maximum absolute atomic E-state index is 10.5. The van der Waals surface area contributed by atoms with Crippen molar-refractivity contribution in [2.45, 2.75) is 12.5 Å². The first-order valence-electron chi connectivity index (χ1n) is 3.93. The van der Waals surface area contributed by atoms with Crippen LogP contribution in [0.25, 0.3) is 0 Å². The molecule has 0 spiro atoms. The van der Waals surface area contributed by atoms with Gasteiger partial charge in [0.2, 0.25) is 5.91 Å². The van der Waals surface area contributed by atoms with Crippen LogP contribution in [-0.2, 0) is 4.79 Å². The van der Waals surface area contributed by atoms with Gasteiger partial charge in [0.05, 0.1) is 6.04 Å². The Morgan fingerprint density at radius 1 is 1.67 bits per heavy atom. The lowest BCUT2D eigenvalue weighted by Gasteiger charge is -2.08. The van der Waals surface area contributed by atoms with E-state index in [1.54, 1.807) is 11.8 Å². The maximum Gasteiger partial charge on any atom is 0.235 e. The molecule has 0 bridgehead atoms. The number of carbonyl (C=O) groups is 1. The van der Waals surface area contributed by atoms with Gasteiger partial charge >= 0.3 is 0 Å². The molecule has 1 amide bonds. The molecule has 5 heteroatoms. The van der Waals surface area contributed by atoms with Crippen molar-refractivity contribution in [3.63, 3.8) is 0 Å². The Balaban J connectivity index is 3.14. The number of amides is 1. The Labute approximate surface area is 77.4 Å². The second-order valence-electron chi connectivity index (χ2n) is 2.56. The molecule has 0 aliphatic carbocycles. The Morgan fingerprint density at radius 2 is 2.33 bits per heavy atom. The van der Waals surface area contributed by atoms with Crippen LogP contribution in [0.2, 0.25) is 0 Å². The van der Waals surface area contributed by atoms with Gasteiger partial charge in [-0.3, -0.25) is 4.79 Å². The summed E-state index contributed by atoms with van der Waals surface area (Å²) in [4.78, 5) is 10.5. The van der Waals surface area contributed by atoms with Crippen LogP contribution in [0.4, 0.5) is 0 Å². The smallest absolute Gasteiger partial charge is 0.235 e. The van der Waals surface area contributed by atoms with E-state index in [1.807, 2.05) is 0 Å². The van der Waals surface area contributed by atoms with E-state index >= 15 is 0 Å². The largest absolute Gasteiger partial charge is 0.368 e. The number of nitrogens with two attached hydrogens (primary N) is 2. The molecule has 0 aromatic carbocycles. The highest BCUT2D eigenvalue weighted by molar-refractivity contribution is 7.98. The van der Waals surface area contributed by atoms with Crippen molar-refractivity contribution in [1.82, 2.24) is 5.32 Å². The fraction of sp³-hybridized carbons (Fsp3) is 0.857. The van der Waals surface area contributed by atoms with Crippen molar-refractivity contribution in [3.05, 3.63) is 0 Å². The van der Waals surface area contributed by atoms with E-state index in [2.05, 4.69) is 11.6 Å². The number of nitrogens with one attached hydrogen (secondary N) is 1. The number of primary amides is 1. The highest BCUT2D eigenvalue weighted by Gasteiger charge is 2.06. The van der Waals surface area contributed by atoms with Crippen LogP contribution in [0.15, 0.2) is 0 Å². The van der Waals surface area contributed by atoms with E-state index in [0.717, 1.165) is 18.7 Å². The van der Waals surface area contributed by atoms with E-state index in [9.17, 15) is 4.79 Å². The predicted octanol–water partition coefficient (Wildman–Crippen LogP) is -0.858. The molecular weight excluding hydrogens is 174 g/mol. The van der Waals surface area contributed by atoms with Gasteiger partial charge < -0.3 is 16.8 Å². The SMILES string of the molecule is CSCCCNCC(N)C(N)=O. The topological polar surface area (TPSA) is 81.1 Å². The van der Waals surface area contributed by atoms with Gasteiger partial charge in [0.1, 0.15) is 0 Å². The van der Waals surface area contributed by atoms with Crippen LogP contribution >= 0.6 is 11.8 Å². The summed E-state index contributed by atoms with van der Waals surface area (Å²) in [7, 11) is 0. The molecule has 0 aromatic heterocycles. The molecule has 1 atom stereocenters. The lowest BCUT2D eigenvalue weighted by atomic mass is 10.3. The van der Waals surface area contributed by atoms with Crippen LogP contribution in [-0.4, -0.2) is 37.0 Å². The Bertz CT molecular complexity index is 132. The predicted molar refractivity (Wildman–Crippen MR) is 53.0 cm³/mol. The van der Waals surface area contributed by atoms with Gasteiger partial charge in [-0.2, -0.15) is 11.8 Å². The molecule has 0 aliphatic rings. The van der Waals surface area contributed by atoms with Gasteiger partial charge in [0.15, 0.2) is 0 Å². The molecule has 0 rings (SSSR count).